The second kappa shape index (κ2) is 5.66. The molecule has 8 atom stereocenters. The van der Waals surface area contributed by atoms with Crippen molar-refractivity contribution in [3.05, 3.63) is 0 Å². The molecule has 0 radical (unpaired) electrons. The summed E-state index contributed by atoms with van der Waals surface area (Å²) in [5.41, 5.74) is -0.595. The van der Waals surface area contributed by atoms with Gasteiger partial charge in [-0.25, -0.2) is 9.78 Å². The third-order valence-corrected chi connectivity index (χ3v) is 6.63. The smallest absolute Gasteiger partial charge is 0.307 e. The van der Waals surface area contributed by atoms with Gasteiger partial charge in [0, 0.05) is 24.7 Å². The standard InChI is InChI=1S/C18H28O6/c1-5-14(19)20-15-11(3)13-7-6-10(2)12-8-9-17(4)22-16(21-15)18(12,13)24-23-17/h10-13,15-16H,5-9H2,1-4H3/t10-,11-,12?,13?,15?,16-,17?,18-/m1/s1. The zero-order chi connectivity index (χ0) is 17.1. The normalized spacial score (nSPS) is 53.2. The number of rotatable bonds is 2. The van der Waals surface area contributed by atoms with E-state index in [1.165, 1.54) is 0 Å². The van der Waals surface area contributed by atoms with Gasteiger partial charge >= 0.3 is 5.97 Å². The van der Waals surface area contributed by atoms with Crippen LogP contribution in [0, 0.1) is 23.7 Å². The lowest BCUT2D eigenvalue weighted by Gasteiger charge is -2.59. The number of hydrogen-bond donors (Lipinski definition) is 0. The van der Waals surface area contributed by atoms with Crippen molar-refractivity contribution in [2.45, 2.75) is 83.8 Å². The second-order valence-corrected chi connectivity index (χ2v) is 8.12. The van der Waals surface area contributed by atoms with E-state index in [2.05, 4.69) is 13.8 Å². The third kappa shape index (κ3) is 2.26. The van der Waals surface area contributed by atoms with Gasteiger partial charge in [0.05, 0.1) is 0 Å². The van der Waals surface area contributed by atoms with Crippen LogP contribution in [0.15, 0.2) is 0 Å². The Hall–Kier alpha value is -0.690. The highest BCUT2D eigenvalue weighted by atomic mass is 17.3. The maximum atomic E-state index is 11.8. The fourth-order valence-corrected chi connectivity index (χ4v) is 5.22. The van der Waals surface area contributed by atoms with Gasteiger partial charge in [0.1, 0.15) is 0 Å². The third-order valence-electron chi connectivity index (χ3n) is 6.63. The van der Waals surface area contributed by atoms with Crippen molar-refractivity contribution < 1.29 is 28.8 Å². The maximum Gasteiger partial charge on any atom is 0.307 e. The molecule has 0 amide bonds. The van der Waals surface area contributed by atoms with Gasteiger partial charge in [-0.05, 0) is 38.0 Å². The van der Waals surface area contributed by atoms with E-state index in [-0.39, 0.29) is 17.8 Å². The van der Waals surface area contributed by atoms with Crippen LogP contribution in [0.3, 0.4) is 0 Å². The highest BCUT2D eigenvalue weighted by Gasteiger charge is 2.69. The van der Waals surface area contributed by atoms with Crippen LogP contribution in [-0.4, -0.2) is 29.9 Å². The van der Waals surface area contributed by atoms with Crippen LogP contribution < -0.4 is 0 Å². The zero-order valence-corrected chi connectivity index (χ0v) is 14.9. The topological polar surface area (TPSA) is 63.2 Å². The summed E-state index contributed by atoms with van der Waals surface area (Å²) in [6, 6.07) is 0. The van der Waals surface area contributed by atoms with Gasteiger partial charge in [0.25, 0.3) is 0 Å². The summed E-state index contributed by atoms with van der Waals surface area (Å²) < 4.78 is 17.9. The summed E-state index contributed by atoms with van der Waals surface area (Å²) in [5.74, 6) is 0.0527. The minimum atomic E-state index is -0.794. The minimum absolute atomic E-state index is 0.0430. The molecule has 1 aliphatic carbocycles. The fourth-order valence-electron chi connectivity index (χ4n) is 5.22. The first-order chi connectivity index (χ1) is 11.4. The Labute approximate surface area is 143 Å². The van der Waals surface area contributed by atoms with Crippen LogP contribution in [0.1, 0.15) is 59.8 Å². The van der Waals surface area contributed by atoms with E-state index in [0.29, 0.717) is 18.3 Å². The van der Waals surface area contributed by atoms with Crippen LogP contribution in [0.25, 0.3) is 0 Å². The van der Waals surface area contributed by atoms with E-state index < -0.39 is 24.0 Å². The summed E-state index contributed by atoms with van der Waals surface area (Å²) in [5, 5.41) is 0. The van der Waals surface area contributed by atoms with Crippen molar-refractivity contribution in [1.82, 2.24) is 0 Å². The maximum absolute atomic E-state index is 11.8. The monoisotopic (exact) mass is 340 g/mol. The average Bonchev–Trinajstić information content (AvgIpc) is 2.78. The largest absolute Gasteiger partial charge is 0.435 e. The molecule has 0 N–H and O–H groups in total. The number of esters is 1. The van der Waals surface area contributed by atoms with E-state index in [4.69, 9.17) is 24.0 Å². The molecule has 4 aliphatic heterocycles. The lowest BCUT2D eigenvalue weighted by atomic mass is 9.58. The molecule has 5 aliphatic rings. The van der Waals surface area contributed by atoms with Crippen LogP contribution in [0.5, 0.6) is 0 Å². The van der Waals surface area contributed by atoms with Crippen LogP contribution in [0.2, 0.25) is 0 Å². The Balaban J connectivity index is 1.71. The molecular formula is C18H28O6. The van der Waals surface area contributed by atoms with Crippen molar-refractivity contribution in [1.29, 1.82) is 0 Å². The number of carbonyl (C=O) groups is 1. The summed E-state index contributed by atoms with van der Waals surface area (Å²) in [7, 11) is 0. The quantitative estimate of drug-likeness (QED) is 0.568. The lowest BCUT2D eigenvalue weighted by Crippen LogP contribution is -2.70. The molecule has 0 aromatic carbocycles. The molecule has 4 saturated heterocycles. The summed E-state index contributed by atoms with van der Waals surface area (Å²) >= 11 is 0. The Bertz CT molecular complexity index is 524. The van der Waals surface area contributed by atoms with Crippen molar-refractivity contribution in [2.24, 2.45) is 23.7 Å². The Morgan fingerprint density at radius 1 is 1.17 bits per heavy atom. The van der Waals surface area contributed by atoms with Crippen LogP contribution in [0.4, 0.5) is 0 Å². The lowest BCUT2D eigenvalue weighted by molar-refractivity contribution is -0.576. The molecule has 6 nitrogen and oxygen atoms in total. The molecule has 6 heteroatoms. The first-order valence-corrected chi connectivity index (χ1v) is 9.29. The van der Waals surface area contributed by atoms with E-state index in [9.17, 15) is 4.79 Å². The first kappa shape index (κ1) is 16.8. The first-order valence-electron chi connectivity index (χ1n) is 9.29. The Kier molecular flexibility index (Phi) is 3.95. The molecule has 136 valence electrons. The summed E-state index contributed by atoms with van der Waals surface area (Å²) in [4.78, 5) is 23.6. The van der Waals surface area contributed by atoms with Gasteiger partial charge in [-0.2, -0.15) is 0 Å². The molecule has 0 aromatic rings. The molecule has 5 fully saturated rings. The minimum Gasteiger partial charge on any atom is -0.435 e. The summed E-state index contributed by atoms with van der Waals surface area (Å²) in [6.45, 7) is 8.05. The molecular weight excluding hydrogens is 312 g/mol. The van der Waals surface area contributed by atoms with Crippen molar-refractivity contribution in [2.75, 3.05) is 0 Å². The van der Waals surface area contributed by atoms with Gasteiger partial charge in [0.15, 0.2) is 11.9 Å². The predicted molar refractivity (Wildman–Crippen MR) is 83.2 cm³/mol. The Morgan fingerprint density at radius 2 is 1.96 bits per heavy atom. The van der Waals surface area contributed by atoms with Crippen molar-refractivity contribution in [3.8, 4) is 0 Å². The van der Waals surface area contributed by atoms with E-state index in [0.717, 1.165) is 25.7 Å². The van der Waals surface area contributed by atoms with Gasteiger partial charge in [-0.15, -0.1) is 0 Å². The van der Waals surface area contributed by atoms with Crippen LogP contribution in [-0.2, 0) is 28.8 Å². The molecule has 1 saturated carbocycles. The van der Waals surface area contributed by atoms with Crippen LogP contribution >= 0.6 is 0 Å². The highest BCUT2D eigenvalue weighted by molar-refractivity contribution is 5.69. The molecule has 2 bridgehead atoms. The molecule has 4 unspecified atom stereocenters. The average molecular weight is 340 g/mol. The molecule has 24 heavy (non-hydrogen) atoms. The highest BCUT2D eigenvalue weighted by Crippen LogP contribution is 2.60. The number of hydrogen-bond acceptors (Lipinski definition) is 6. The number of carbonyl (C=O) groups excluding carboxylic acids is 1. The molecule has 4 heterocycles. The Morgan fingerprint density at radius 3 is 2.71 bits per heavy atom. The second-order valence-electron chi connectivity index (χ2n) is 8.12. The fraction of sp³-hybridized carbons (Fsp3) is 0.944. The van der Waals surface area contributed by atoms with E-state index in [1.807, 2.05) is 6.92 Å². The van der Waals surface area contributed by atoms with Gasteiger partial charge in [-0.3, -0.25) is 4.79 Å². The van der Waals surface area contributed by atoms with Gasteiger partial charge < -0.3 is 14.2 Å². The molecule has 5 rings (SSSR count). The molecule has 0 aromatic heterocycles. The number of fused-ring (bicyclic) bond motifs is 2. The van der Waals surface area contributed by atoms with Crippen molar-refractivity contribution in [3.63, 3.8) is 0 Å². The van der Waals surface area contributed by atoms with Gasteiger partial charge in [0.2, 0.25) is 12.1 Å². The predicted octanol–water partition coefficient (Wildman–Crippen LogP) is 3.15. The van der Waals surface area contributed by atoms with Crippen molar-refractivity contribution >= 4 is 5.97 Å². The zero-order valence-electron chi connectivity index (χ0n) is 14.9. The number of ether oxygens (including phenoxy) is 3. The van der Waals surface area contributed by atoms with Gasteiger partial charge in [-0.1, -0.05) is 20.8 Å². The summed E-state index contributed by atoms with van der Waals surface area (Å²) in [6.07, 6.45) is 3.13. The van der Waals surface area contributed by atoms with E-state index in [1.54, 1.807) is 6.92 Å². The molecule has 1 spiro atoms. The SMILES string of the molecule is CCC(=O)OC1O[C@@H]2OC3(C)CCC4[C@H](C)CCC([C@H]1C)[C@]42OO3. The van der Waals surface area contributed by atoms with E-state index >= 15 is 0 Å².